The molecule has 31 heavy (non-hydrogen) atoms. The van der Waals surface area contributed by atoms with Gasteiger partial charge in [0.2, 0.25) is 0 Å². The number of amides is 1. The SMILES string of the molecule is CCc1nc2c(OCC(=O)C(C)(C)C)cccn2c1N(C)C(=O)COc1ccccc1. The van der Waals surface area contributed by atoms with E-state index in [1.807, 2.05) is 74.7 Å². The number of anilines is 1. The number of benzene rings is 1. The van der Waals surface area contributed by atoms with Gasteiger partial charge in [-0.3, -0.25) is 18.9 Å². The lowest BCUT2D eigenvalue weighted by Crippen LogP contribution is -2.32. The number of ketones is 1. The molecule has 2 heterocycles. The first-order chi connectivity index (χ1) is 14.7. The highest BCUT2D eigenvalue weighted by atomic mass is 16.5. The third kappa shape index (κ3) is 5.05. The summed E-state index contributed by atoms with van der Waals surface area (Å²) in [4.78, 5) is 31.3. The first-order valence-corrected chi connectivity index (χ1v) is 10.3. The van der Waals surface area contributed by atoms with E-state index in [1.54, 1.807) is 18.0 Å². The first kappa shape index (κ1) is 22.3. The van der Waals surface area contributed by atoms with Crippen molar-refractivity contribution in [1.29, 1.82) is 0 Å². The van der Waals surface area contributed by atoms with Crippen LogP contribution in [0.5, 0.6) is 11.5 Å². The lowest BCUT2D eigenvalue weighted by atomic mass is 9.91. The molecule has 0 radical (unpaired) electrons. The third-order valence-corrected chi connectivity index (χ3v) is 4.99. The fourth-order valence-electron chi connectivity index (χ4n) is 3.02. The van der Waals surface area contributed by atoms with E-state index in [9.17, 15) is 9.59 Å². The maximum Gasteiger partial charge on any atom is 0.265 e. The van der Waals surface area contributed by atoms with Crippen molar-refractivity contribution in [2.24, 2.45) is 5.41 Å². The highest BCUT2D eigenvalue weighted by Crippen LogP contribution is 2.28. The molecule has 0 bridgehead atoms. The second-order valence-corrected chi connectivity index (χ2v) is 8.32. The van der Waals surface area contributed by atoms with Crippen molar-refractivity contribution in [2.75, 3.05) is 25.2 Å². The van der Waals surface area contributed by atoms with Crippen LogP contribution in [-0.4, -0.2) is 41.3 Å². The summed E-state index contributed by atoms with van der Waals surface area (Å²) in [6.07, 6.45) is 2.46. The Balaban J connectivity index is 1.84. The molecule has 0 atom stereocenters. The van der Waals surface area contributed by atoms with Gasteiger partial charge < -0.3 is 9.47 Å². The number of para-hydroxylation sites is 1. The summed E-state index contributed by atoms with van der Waals surface area (Å²) in [5.41, 5.74) is 0.847. The summed E-state index contributed by atoms with van der Waals surface area (Å²) in [5.74, 6) is 1.60. The van der Waals surface area contributed by atoms with E-state index in [-0.39, 0.29) is 24.9 Å². The number of hydrogen-bond donors (Lipinski definition) is 0. The zero-order chi connectivity index (χ0) is 22.6. The lowest BCUT2D eigenvalue weighted by molar-refractivity contribution is -0.128. The molecule has 1 aromatic carbocycles. The van der Waals surface area contributed by atoms with E-state index in [4.69, 9.17) is 9.47 Å². The predicted molar refractivity (Wildman–Crippen MR) is 120 cm³/mol. The van der Waals surface area contributed by atoms with Crippen LogP contribution in [0.15, 0.2) is 48.7 Å². The van der Waals surface area contributed by atoms with Crippen LogP contribution >= 0.6 is 0 Å². The van der Waals surface area contributed by atoms with Gasteiger partial charge in [0.05, 0.1) is 5.69 Å². The van der Waals surface area contributed by atoms with Gasteiger partial charge in [-0.1, -0.05) is 45.9 Å². The fourth-order valence-corrected chi connectivity index (χ4v) is 3.02. The molecule has 3 aromatic rings. The van der Waals surface area contributed by atoms with Gasteiger partial charge in [-0.05, 0) is 30.7 Å². The van der Waals surface area contributed by atoms with E-state index in [1.165, 1.54) is 0 Å². The molecule has 0 spiro atoms. The minimum Gasteiger partial charge on any atom is -0.484 e. The van der Waals surface area contributed by atoms with Gasteiger partial charge in [0.15, 0.2) is 23.8 Å². The molecule has 1 amide bonds. The highest BCUT2D eigenvalue weighted by molar-refractivity contribution is 5.94. The smallest absolute Gasteiger partial charge is 0.265 e. The minimum absolute atomic E-state index is 0.00218. The Labute approximate surface area is 182 Å². The van der Waals surface area contributed by atoms with Crippen LogP contribution < -0.4 is 14.4 Å². The number of aryl methyl sites for hydroxylation is 1. The monoisotopic (exact) mass is 423 g/mol. The molecule has 0 aliphatic rings. The topological polar surface area (TPSA) is 73.1 Å². The number of likely N-dealkylation sites (N-methyl/N-ethyl adjacent to an activating group) is 1. The van der Waals surface area contributed by atoms with E-state index in [0.717, 1.165) is 5.69 Å². The Morgan fingerprint density at radius 3 is 2.39 bits per heavy atom. The highest BCUT2D eigenvalue weighted by Gasteiger charge is 2.24. The number of pyridine rings is 1. The van der Waals surface area contributed by atoms with Gasteiger partial charge in [-0.2, -0.15) is 0 Å². The van der Waals surface area contributed by atoms with Crippen LogP contribution in [-0.2, 0) is 16.0 Å². The molecule has 0 aliphatic heterocycles. The number of fused-ring (bicyclic) bond motifs is 1. The lowest BCUT2D eigenvalue weighted by Gasteiger charge is -2.19. The summed E-state index contributed by atoms with van der Waals surface area (Å²) < 4.78 is 13.2. The average Bonchev–Trinajstić information content (AvgIpc) is 3.14. The van der Waals surface area contributed by atoms with Crippen LogP contribution in [0.4, 0.5) is 5.82 Å². The van der Waals surface area contributed by atoms with Crippen molar-refractivity contribution >= 4 is 23.2 Å². The van der Waals surface area contributed by atoms with Crippen molar-refractivity contribution in [3.63, 3.8) is 0 Å². The predicted octanol–water partition coefficient (Wildman–Crippen LogP) is 3.93. The molecule has 7 heteroatoms. The van der Waals surface area contributed by atoms with E-state index < -0.39 is 5.41 Å². The van der Waals surface area contributed by atoms with E-state index in [0.29, 0.717) is 29.4 Å². The first-order valence-electron chi connectivity index (χ1n) is 10.3. The second kappa shape index (κ2) is 9.20. The fraction of sp³-hybridized carbons (Fsp3) is 0.375. The molecular weight excluding hydrogens is 394 g/mol. The Bertz CT molecular complexity index is 1070. The molecule has 0 aliphatic carbocycles. The third-order valence-electron chi connectivity index (χ3n) is 4.99. The number of carbonyl (C=O) groups excluding carboxylic acids is 2. The quantitative estimate of drug-likeness (QED) is 0.549. The summed E-state index contributed by atoms with van der Waals surface area (Å²) in [7, 11) is 1.70. The number of nitrogens with zero attached hydrogens (tertiary/aromatic N) is 3. The van der Waals surface area contributed by atoms with Gasteiger partial charge in [0.1, 0.15) is 18.2 Å². The standard InChI is InChI=1S/C24H29N3O4/c1-6-18-23(26(5)21(29)16-30-17-11-8-7-9-12-17)27-14-10-13-19(22(27)25-18)31-15-20(28)24(2,3)4/h7-14H,6,15-16H2,1-5H3. The van der Waals surface area contributed by atoms with Gasteiger partial charge >= 0.3 is 0 Å². The summed E-state index contributed by atoms with van der Waals surface area (Å²) in [5, 5.41) is 0. The molecule has 0 saturated heterocycles. The summed E-state index contributed by atoms with van der Waals surface area (Å²) >= 11 is 0. The number of Topliss-reactive ketones (excluding diaryl/α,β-unsaturated/α-hetero) is 1. The van der Waals surface area contributed by atoms with Crippen molar-refractivity contribution in [2.45, 2.75) is 34.1 Å². The van der Waals surface area contributed by atoms with Crippen LogP contribution in [0.25, 0.3) is 5.65 Å². The van der Waals surface area contributed by atoms with Gasteiger partial charge in [-0.25, -0.2) is 4.98 Å². The summed E-state index contributed by atoms with van der Waals surface area (Å²) in [6.45, 7) is 7.44. The van der Waals surface area contributed by atoms with E-state index in [2.05, 4.69) is 4.98 Å². The number of ether oxygens (including phenoxy) is 2. The van der Waals surface area contributed by atoms with Gasteiger partial charge in [0, 0.05) is 18.7 Å². The van der Waals surface area contributed by atoms with Crippen molar-refractivity contribution in [3.8, 4) is 11.5 Å². The van der Waals surface area contributed by atoms with Crippen LogP contribution in [0.3, 0.4) is 0 Å². The molecular formula is C24H29N3O4. The van der Waals surface area contributed by atoms with Crippen LogP contribution in [0, 0.1) is 5.41 Å². The van der Waals surface area contributed by atoms with Crippen molar-refractivity contribution in [1.82, 2.24) is 9.38 Å². The Kier molecular flexibility index (Phi) is 6.63. The van der Waals surface area contributed by atoms with E-state index >= 15 is 0 Å². The number of hydrogen-bond acceptors (Lipinski definition) is 5. The van der Waals surface area contributed by atoms with Crippen LogP contribution in [0.1, 0.15) is 33.4 Å². The zero-order valence-corrected chi connectivity index (χ0v) is 18.7. The molecule has 0 N–H and O–H groups in total. The second-order valence-electron chi connectivity index (χ2n) is 8.32. The maximum atomic E-state index is 12.8. The Morgan fingerprint density at radius 1 is 1.03 bits per heavy atom. The number of imidazole rings is 1. The molecule has 0 unspecified atom stereocenters. The Hall–Kier alpha value is -3.35. The van der Waals surface area contributed by atoms with Gasteiger partial charge in [-0.15, -0.1) is 0 Å². The molecule has 2 aromatic heterocycles. The van der Waals surface area contributed by atoms with Crippen molar-refractivity contribution < 1.29 is 19.1 Å². The van der Waals surface area contributed by atoms with Gasteiger partial charge in [0.25, 0.3) is 5.91 Å². The number of carbonyl (C=O) groups is 2. The molecule has 0 saturated carbocycles. The molecule has 3 rings (SSSR count). The van der Waals surface area contributed by atoms with Crippen LogP contribution in [0.2, 0.25) is 0 Å². The Morgan fingerprint density at radius 2 is 1.74 bits per heavy atom. The largest absolute Gasteiger partial charge is 0.484 e. The normalized spacial score (nSPS) is 11.4. The van der Waals surface area contributed by atoms with Crippen molar-refractivity contribution in [3.05, 3.63) is 54.4 Å². The summed E-state index contributed by atoms with van der Waals surface area (Å²) in [6, 6.07) is 12.8. The maximum absolute atomic E-state index is 12.8. The average molecular weight is 424 g/mol. The zero-order valence-electron chi connectivity index (χ0n) is 18.7. The number of rotatable bonds is 8. The number of aromatic nitrogens is 2. The molecule has 0 fully saturated rings. The molecule has 7 nitrogen and oxygen atoms in total. The molecule has 164 valence electrons. The minimum atomic E-state index is -0.481.